The molecule has 100 valence electrons. The predicted octanol–water partition coefficient (Wildman–Crippen LogP) is 1.76. The van der Waals surface area contributed by atoms with Crippen LogP contribution in [0.4, 0.5) is 0 Å². The molecule has 0 bridgehead atoms. The second-order valence-corrected chi connectivity index (χ2v) is 5.37. The average Bonchev–Trinajstić information content (AvgIpc) is 2.76. The first-order valence-electron chi connectivity index (χ1n) is 6.77. The van der Waals surface area contributed by atoms with Gasteiger partial charge in [-0.3, -0.25) is 4.68 Å². The summed E-state index contributed by atoms with van der Waals surface area (Å²) >= 11 is 5.31. The van der Waals surface area contributed by atoms with Crippen molar-refractivity contribution in [2.75, 3.05) is 6.54 Å². The molecule has 0 spiro atoms. The van der Waals surface area contributed by atoms with E-state index in [4.69, 9.17) is 12.2 Å². The van der Waals surface area contributed by atoms with Crippen LogP contribution in [0.2, 0.25) is 0 Å². The quantitative estimate of drug-likeness (QED) is 0.815. The van der Waals surface area contributed by atoms with Gasteiger partial charge in [0.15, 0.2) is 5.11 Å². The number of aromatic nitrogens is 2. The maximum Gasteiger partial charge on any atom is 0.166 e. The molecular formula is C13H22N4S. The van der Waals surface area contributed by atoms with Crippen molar-refractivity contribution >= 4 is 17.3 Å². The standard InChI is InChI=1S/C13H22N4S/c1-17-10-8-12(16-17)7-9-14-13(18)15-11-5-3-2-4-6-11/h8,10-11H,2-7,9H2,1H3,(H2,14,15,18). The van der Waals surface area contributed by atoms with Crippen molar-refractivity contribution in [3.05, 3.63) is 18.0 Å². The van der Waals surface area contributed by atoms with Gasteiger partial charge in [-0.25, -0.2) is 0 Å². The van der Waals surface area contributed by atoms with Gasteiger partial charge in [0.25, 0.3) is 0 Å². The molecule has 1 aliphatic carbocycles. The van der Waals surface area contributed by atoms with Gasteiger partial charge in [-0.1, -0.05) is 19.3 Å². The summed E-state index contributed by atoms with van der Waals surface area (Å²) in [4.78, 5) is 0. The van der Waals surface area contributed by atoms with E-state index in [2.05, 4.69) is 15.7 Å². The molecule has 0 aromatic carbocycles. The van der Waals surface area contributed by atoms with Crippen LogP contribution in [0.3, 0.4) is 0 Å². The van der Waals surface area contributed by atoms with E-state index < -0.39 is 0 Å². The molecule has 0 saturated heterocycles. The lowest BCUT2D eigenvalue weighted by atomic mass is 9.96. The minimum Gasteiger partial charge on any atom is -0.362 e. The summed E-state index contributed by atoms with van der Waals surface area (Å²) in [6.45, 7) is 0.843. The average molecular weight is 266 g/mol. The van der Waals surface area contributed by atoms with Crippen LogP contribution in [0, 0.1) is 0 Å². The van der Waals surface area contributed by atoms with Gasteiger partial charge in [-0.2, -0.15) is 5.10 Å². The molecule has 4 nitrogen and oxygen atoms in total. The van der Waals surface area contributed by atoms with E-state index in [1.165, 1.54) is 32.1 Å². The van der Waals surface area contributed by atoms with Crippen LogP contribution in [0.1, 0.15) is 37.8 Å². The Hall–Kier alpha value is -1.10. The summed E-state index contributed by atoms with van der Waals surface area (Å²) in [5.74, 6) is 0. The highest BCUT2D eigenvalue weighted by Gasteiger charge is 2.13. The minimum atomic E-state index is 0.577. The third-order valence-corrected chi connectivity index (χ3v) is 3.64. The number of aryl methyl sites for hydroxylation is 1. The number of thiocarbonyl (C=S) groups is 1. The van der Waals surface area contributed by atoms with Crippen LogP contribution in [0.15, 0.2) is 12.3 Å². The first kappa shape index (κ1) is 13.3. The fourth-order valence-electron chi connectivity index (χ4n) is 2.38. The van der Waals surface area contributed by atoms with Gasteiger partial charge < -0.3 is 10.6 Å². The molecular weight excluding hydrogens is 244 g/mol. The fraction of sp³-hybridized carbons (Fsp3) is 0.692. The molecule has 1 aromatic heterocycles. The van der Waals surface area contributed by atoms with E-state index >= 15 is 0 Å². The van der Waals surface area contributed by atoms with E-state index in [0.29, 0.717) is 6.04 Å². The lowest BCUT2D eigenvalue weighted by Gasteiger charge is -2.24. The second-order valence-electron chi connectivity index (χ2n) is 4.97. The zero-order chi connectivity index (χ0) is 12.8. The Morgan fingerprint density at radius 3 is 2.89 bits per heavy atom. The molecule has 18 heavy (non-hydrogen) atoms. The lowest BCUT2D eigenvalue weighted by molar-refractivity contribution is 0.412. The number of hydrogen-bond acceptors (Lipinski definition) is 2. The third kappa shape index (κ3) is 4.29. The predicted molar refractivity (Wildman–Crippen MR) is 77.5 cm³/mol. The third-order valence-electron chi connectivity index (χ3n) is 3.38. The smallest absolute Gasteiger partial charge is 0.166 e. The van der Waals surface area contributed by atoms with Gasteiger partial charge in [0.05, 0.1) is 5.69 Å². The van der Waals surface area contributed by atoms with Crippen LogP contribution in [0.5, 0.6) is 0 Å². The number of hydrogen-bond donors (Lipinski definition) is 2. The number of nitrogens with zero attached hydrogens (tertiary/aromatic N) is 2. The topological polar surface area (TPSA) is 41.9 Å². The first-order chi connectivity index (χ1) is 8.74. The summed E-state index contributed by atoms with van der Waals surface area (Å²) in [6, 6.07) is 2.62. The van der Waals surface area contributed by atoms with Crippen LogP contribution >= 0.6 is 12.2 Å². The zero-order valence-corrected chi connectivity index (χ0v) is 11.8. The van der Waals surface area contributed by atoms with E-state index in [0.717, 1.165) is 23.8 Å². The van der Waals surface area contributed by atoms with Gasteiger partial charge in [0.2, 0.25) is 0 Å². The summed E-state index contributed by atoms with van der Waals surface area (Å²) in [5.41, 5.74) is 1.10. The maximum atomic E-state index is 5.31. The molecule has 1 aromatic rings. The lowest BCUT2D eigenvalue weighted by Crippen LogP contribution is -2.43. The SMILES string of the molecule is Cn1ccc(CCNC(=S)NC2CCCCC2)n1. The Morgan fingerprint density at radius 2 is 2.22 bits per heavy atom. The highest BCUT2D eigenvalue weighted by atomic mass is 32.1. The van der Waals surface area contributed by atoms with Crippen molar-refractivity contribution in [3.63, 3.8) is 0 Å². The van der Waals surface area contributed by atoms with E-state index in [9.17, 15) is 0 Å². The van der Waals surface area contributed by atoms with Crippen LogP contribution < -0.4 is 10.6 Å². The Balaban J connectivity index is 1.62. The van der Waals surface area contributed by atoms with Gasteiger partial charge in [0.1, 0.15) is 0 Å². The van der Waals surface area contributed by atoms with E-state index in [1.807, 2.05) is 24.0 Å². The Bertz CT molecular complexity index is 382. The van der Waals surface area contributed by atoms with Gasteiger partial charge in [0, 0.05) is 32.3 Å². The van der Waals surface area contributed by atoms with Crippen molar-refractivity contribution in [1.29, 1.82) is 0 Å². The molecule has 2 rings (SSSR count). The largest absolute Gasteiger partial charge is 0.362 e. The molecule has 0 aliphatic heterocycles. The monoisotopic (exact) mass is 266 g/mol. The number of nitrogens with one attached hydrogen (secondary N) is 2. The highest BCUT2D eigenvalue weighted by molar-refractivity contribution is 7.80. The Morgan fingerprint density at radius 1 is 1.44 bits per heavy atom. The summed E-state index contributed by atoms with van der Waals surface area (Å²) in [7, 11) is 1.94. The minimum absolute atomic E-state index is 0.577. The molecule has 1 aliphatic rings. The van der Waals surface area contributed by atoms with Gasteiger partial charge in [-0.05, 0) is 31.1 Å². The fourth-order valence-corrected chi connectivity index (χ4v) is 2.65. The van der Waals surface area contributed by atoms with E-state index in [-0.39, 0.29) is 0 Å². The first-order valence-corrected chi connectivity index (χ1v) is 7.18. The molecule has 0 unspecified atom stereocenters. The molecule has 2 N–H and O–H groups in total. The summed E-state index contributed by atoms with van der Waals surface area (Å²) in [6.07, 6.45) is 9.41. The second kappa shape index (κ2) is 6.73. The van der Waals surface area contributed by atoms with Crippen LogP contribution in [0.25, 0.3) is 0 Å². The molecule has 1 fully saturated rings. The summed E-state index contributed by atoms with van der Waals surface area (Å²) < 4.78 is 1.83. The highest BCUT2D eigenvalue weighted by Crippen LogP contribution is 2.17. The van der Waals surface area contributed by atoms with Crippen molar-refractivity contribution in [3.8, 4) is 0 Å². The van der Waals surface area contributed by atoms with Crippen LogP contribution in [-0.2, 0) is 13.5 Å². The molecule has 1 heterocycles. The van der Waals surface area contributed by atoms with Gasteiger partial charge >= 0.3 is 0 Å². The normalized spacial score (nSPS) is 16.5. The summed E-state index contributed by atoms with van der Waals surface area (Å²) in [5, 5.41) is 11.8. The number of rotatable bonds is 4. The van der Waals surface area contributed by atoms with Crippen molar-refractivity contribution in [2.45, 2.75) is 44.6 Å². The zero-order valence-electron chi connectivity index (χ0n) is 11.0. The van der Waals surface area contributed by atoms with E-state index in [1.54, 1.807) is 0 Å². The molecule has 1 saturated carbocycles. The molecule has 0 atom stereocenters. The van der Waals surface area contributed by atoms with Crippen LogP contribution in [-0.4, -0.2) is 27.5 Å². The van der Waals surface area contributed by atoms with Gasteiger partial charge in [-0.15, -0.1) is 0 Å². The molecule has 0 radical (unpaired) electrons. The van der Waals surface area contributed by atoms with Crippen molar-refractivity contribution < 1.29 is 0 Å². The van der Waals surface area contributed by atoms with Crippen molar-refractivity contribution in [1.82, 2.24) is 20.4 Å². The van der Waals surface area contributed by atoms with Crippen molar-refractivity contribution in [2.24, 2.45) is 7.05 Å². The maximum absolute atomic E-state index is 5.31. The Labute approximate surface area is 114 Å². The molecule has 5 heteroatoms. The Kier molecular flexibility index (Phi) is 4.99. The molecule has 0 amide bonds.